The first kappa shape index (κ1) is 13.2. The van der Waals surface area contributed by atoms with Crippen molar-refractivity contribution in [3.05, 3.63) is 34.4 Å². The highest BCUT2D eigenvalue weighted by molar-refractivity contribution is 5.40. The van der Waals surface area contributed by atoms with E-state index in [4.69, 9.17) is 5.73 Å². The Morgan fingerprint density at radius 2 is 1.88 bits per heavy atom. The highest BCUT2D eigenvalue weighted by Gasteiger charge is 2.10. The van der Waals surface area contributed by atoms with Gasteiger partial charge in [0.15, 0.2) is 0 Å². The first-order chi connectivity index (χ1) is 7.57. The predicted octanol–water partition coefficient (Wildman–Crippen LogP) is 2.61. The van der Waals surface area contributed by atoms with Gasteiger partial charge in [0.1, 0.15) is 0 Å². The molecule has 0 amide bonds. The van der Waals surface area contributed by atoms with Gasteiger partial charge in [-0.15, -0.1) is 0 Å². The molecule has 0 aliphatic carbocycles. The molecule has 0 saturated heterocycles. The second kappa shape index (κ2) is 6.02. The lowest BCUT2D eigenvalue weighted by atomic mass is 9.93. The summed E-state index contributed by atoms with van der Waals surface area (Å²) in [4.78, 5) is 0. The molecule has 0 saturated carbocycles. The fourth-order valence-corrected chi connectivity index (χ4v) is 2.03. The summed E-state index contributed by atoms with van der Waals surface area (Å²) >= 11 is 0. The van der Waals surface area contributed by atoms with E-state index in [-0.39, 0.29) is 6.04 Å². The van der Waals surface area contributed by atoms with E-state index in [0.29, 0.717) is 0 Å². The van der Waals surface area contributed by atoms with Gasteiger partial charge in [-0.1, -0.05) is 12.1 Å². The zero-order chi connectivity index (χ0) is 12.1. The summed E-state index contributed by atoms with van der Waals surface area (Å²) in [6.45, 7) is 7.54. The van der Waals surface area contributed by atoms with Gasteiger partial charge >= 0.3 is 0 Å². The molecular weight excluding hydrogens is 196 g/mol. The Kier molecular flexibility index (Phi) is 4.97. The maximum atomic E-state index is 6.23. The first-order valence-corrected chi connectivity index (χ1v) is 6.04. The zero-order valence-corrected chi connectivity index (χ0v) is 10.9. The second-order valence-corrected chi connectivity index (χ2v) is 4.57. The van der Waals surface area contributed by atoms with Crippen molar-refractivity contribution in [1.82, 2.24) is 5.32 Å². The summed E-state index contributed by atoms with van der Waals surface area (Å²) in [7, 11) is 1.98. The Labute approximate surface area is 99.2 Å². The summed E-state index contributed by atoms with van der Waals surface area (Å²) < 4.78 is 0. The summed E-state index contributed by atoms with van der Waals surface area (Å²) in [6.07, 6.45) is 2.17. The van der Waals surface area contributed by atoms with Crippen molar-refractivity contribution in [2.45, 2.75) is 39.7 Å². The van der Waals surface area contributed by atoms with Gasteiger partial charge in [0.2, 0.25) is 0 Å². The van der Waals surface area contributed by atoms with Crippen molar-refractivity contribution < 1.29 is 0 Å². The van der Waals surface area contributed by atoms with Crippen LogP contribution in [0, 0.1) is 20.8 Å². The zero-order valence-electron chi connectivity index (χ0n) is 10.9. The minimum absolute atomic E-state index is 0.174. The average molecular weight is 220 g/mol. The first-order valence-electron chi connectivity index (χ1n) is 6.04. The van der Waals surface area contributed by atoms with Gasteiger partial charge in [-0.2, -0.15) is 0 Å². The van der Waals surface area contributed by atoms with Crippen LogP contribution in [0.25, 0.3) is 0 Å². The quantitative estimate of drug-likeness (QED) is 0.749. The molecule has 1 rings (SSSR count). The van der Waals surface area contributed by atoms with Crippen LogP contribution in [0.1, 0.15) is 41.1 Å². The second-order valence-electron chi connectivity index (χ2n) is 4.57. The van der Waals surface area contributed by atoms with Crippen LogP contribution < -0.4 is 11.1 Å². The number of aryl methyl sites for hydroxylation is 1. The average Bonchev–Trinajstić information content (AvgIpc) is 2.26. The highest BCUT2D eigenvalue weighted by Crippen LogP contribution is 2.24. The van der Waals surface area contributed by atoms with Crippen molar-refractivity contribution in [2.24, 2.45) is 5.73 Å². The van der Waals surface area contributed by atoms with Crippen LogP contribution in [-0.2, 0) is 0 Å². The molecule has 0 aromatic heterocycles. The topological polar surface area (TPSA) is 38.0 Å². The molecule has 0 aliphatic heterocycles. The fraction of sp³-hybridized carbons (Fsp3) is 0.571. The van der Waals surface area contributed by atoms with Gasteiger partial charge in [0.05, 0.1) is 0 Å². The van der Waals surface area contributed by atoms with Gasteiger partial charge in [-0.3, -0.25) is 0 Å². The van der Waals surface area contributed by atoms with Gasteiger partial charge in [0, 0.05) is 6.04 Å². The van der Waals surface area contributed by atoms with E-state index in [9.17, 15) is 0 Å². The van der Waals surface area contributed by atoms with Crippen molar-refractivity contribution in [3.63, 3.8) is 0 Å². The number of nitrogens with one attached hydrogen (secondary N) is 1. The summed E-state index contributed by atoms with van der Waals surface area (Å²) in [5.41, 5.74) is 11.6. The minimum atomic E-state index is 0.174. The van der Waals surface area contributed by atoms with E-state index >= 15 is 0 Å². The third-order valence-corrected chi connectivity index (χ3v) is 3.44. The van der Waals surface area contributed by atoms with E-state index < -0.39 is 0 Å². The Morgan fingerprint density at radius 3 is 2.50 bits per heavy atom. The number of hydrogen-bond acceptors (Lipinski definition) is 2. The number of hydrogen-bond donors (Lipinski definition) is 2. The van der Waals surface area contributed by atoms with Crippen molar-refractivity contribution >= 4 is 0 Å². The van der Waals surface area contributed by atoms with Crippen molar-refractivity contribution in [1.29, 1.82) is 0 Å². The largest absolute Gasteiger partial charge is 0.324 e. The van der Waals surface area contributed by atoms with Gasteiger partial charge < -0.3 is 11.1 Å². The molecule has 0 spiro atoms. The predicted molar refractivity (Wildman–Crippen MR) is 70.7 cm³/mol. The van der Waals surface area contributed by atoms with Gasteiger partial charge in [0.25, 0.3) is 0 Å². The van der Waals surface area contributed by atoms with E-state index in [1.54, 1.807) is 0 Å². The minimum Gasteiger partial charge on any atom is -0.324 e. The van der Waals surface area contributed by atoms with E-state index in [2.05, 4.69) is 38.2 Å². The molecule has 0 fully saturated rings. The molecule has 90 valence electrons. The number of nitrogens with two attached hydrogens (primary N) is 1. The molecule has 0 aliphatic rings. The molecule has 2 nitrogen and oxygen atoms in total. The lowest BCUT2D eigenvalue weighted by Gasteiger charge is -2.17. The smallest absolute Gasteiger partial charge is 0.0298 e. The summed E-state index contributed by atoms with van der Waals surface area (Å²) in [5.74, 6) is 0. The van der Waals surface area contributed by atoms with E-state index in [0.717, 1.165) is 19.4 Å². The maximum Gasteiger partial charge on any atom is 0.0298 e. The van der Waals surface area contributed by atoms with Crippen LogP contribution in [0.4, 0.5) is 0 Å². The molecule has 0 radical (unpaired) electrons. The summed E-state index contributed by atoms with van der Waals surface area (Å²) in [6, 6.07) is 4.53. The van der Waals surface area contributed by atoms with Crippen molar-refractivity contribution in [3.8, 4) is 0 Å². The summed E-state index contributed by atoms with van der Waals surface area (Å²) in [5, 5.41) is 3.15. The van der Waals surface area contributed by atoms with Gasteiger partial charge in [-0.05, 0) is 69.5 Å². The molecule has 2 heteroatoms. The Morgan fingerprint density at radius 1 is 1.19 bits per heavy atom. The molecule has 0 heterocycles. The molecule has 3 N–H and O–H groups in total. The van der Waals surface area contributed by atoms with E-state index in [1.807, 2.05) is 7.05 Å². The molecule has 1 atom stereocenters. The Balaban J connectivity index is 2.76. The van der Waals surface area contributed by atoms with Crippen LogP contribution >= 0.6 is 0 Å². The number of rotatable bonds is 5. The van der Waals surface area contributed by atoms with Crippen LogP contribution in [0.5, 0.6) is 0 Å². The fourth-order valence-electron chi connectivity index (χ4n) is 2.03. The Bertz CT molecular complexity index is 345. The third kappa shape index (κ3) is 3.06. The van der Waals surface area contributed by atoms with Crippen LogP contribution in [0.15, 0.2) is 12.1 Å². The molecule has 1 aromatic rings. The van der Waals surface area contributed by atoms with Crippen LogP contribution in [0.2, 0.25) is 0 Å². The molecule has 16 heavy (non-hydrogen) atoms. The maximum absolute atomic E-state index is 6.23. The third-order valence-electron chi connectivity index (χ3n) is 3.44. The van der Waals surface area contributed by atoms with Crippen molar-refractivity contribution in [2.75, 3.05) is 13.6 Å². The molecular formula is C14H24N2. The SMILES string of the molecule is CNCCCC(N)c1ccc(C)c(C)c1C. The van der Waals surface area contributed by atoms with Gasteiger partial charge in [-0.25, -0.2) is 0 Å². The normalized spacial score (nSPS) is 12.8. The molecule has 1 unspecified atom stereocenters. The van der Waals surface area contributed by atoms with Crippen LogP contribution in [0.3, 0.4) is 0 Å². The van der Waals surface area contributed by atoms with Crippen LogP contribution in [-0.4, -0.2) is 13.6 Å². The monoisotopic (exact) mass is 220 g/mol. The Hall–Kier alpha value is -0.860. The lowest BCUT2D eigenvalue weighted by molar-refractivity contribution is 0.588. The van der Waals surface area contributed by atoms with E-state index in [1.165, 1.54) is 22.3 Å². The highest BCUT2D eigenvalue weighted by atomic mass is 14.8. The molecule has 0 bridgehead atoms. The lowest BCUT2D eigenvalue weighted by Crippen LogP contribution is -2.16. The number of benzene rings is 1. The standard InChI is InChI=1S/C14H24N2/c1-10-7-8-13(12(3)11(10)2)14(15)6-5-9-16-4/h7-8,14,16H,5-6,9,15H2,1-4H3. The molecule has 1 aromatic carbocycles.